The van der Waals surface area contributed by atoms with Crippen LogP contribution in [0.1, 0.15) is 19.8 Å². The summed E-state index contributed by atoms with van der Waals surface area (Å²) >= 11 is 0. The van der Waals surface area contributed by atoms with Crippen molar-refractivity contribution in [2.45, 2.75) is 19.8 Å². The highest BCUT2D eigenvalue weighted by atomic mass is 16.5. The first kappa shape index (κ1) is 12.4. The zero-order valence-electron chi connectivity index (χ0n) is 8.32. The van der Waals surface area contributed by atoms with E-state index in [0.717, 1.165) is 6.42 Å². The fourth-order valence-corrected chi connectivity index (χ4v) is 1.37. The lowest BCUT2D eigenvalue weighted by molar-refractivity contribution is -0.144. The molecule has 0 aromatic heterocycles. The van der Waals surface area contributed by atoms with Crippen LogP contribution in [-0.4, -0.2) is 31.3 Å². The van der Waals surface area contributed by atoms with Crippen molar-refractivity contribution in [2.75, 3.05) is 20.3 Å². The van der Waals surface area contributed by atoms with Gasteiger partial charge < -0.3 is 15.6 Å². The summed E-state index contributed by atoms with van der Waals surface area (Å²) in [5, 5.41) is 8.90. The monoisotopic (exact) mass is 189 g/mol. The van der Waals surface area contributed by atoms with Crippen LogP contribution >= 0.6 is 0 Å². The molecule has 4 nitrogen and oxygen atoms in total. The molecule has 0 bridgehead atoms. The summed E-state index contributed by atoms with van der Waals surface area (Å²) < 4.78 is 4.92. The summed E-state index contributed by atoms with van der Waals surface area (Å²) in [6.45, 7) is 2.92. The molecule has 0 amide bonds. The number of nitrogens with two attached hydrogens (primary N) is 1. The van der Waals surface area contributed by atoms with Gasteiger partial charge in [0.2, 0.25) is 0 Å². The van der Waals surface area contributed by atoms with Crippen molar-refractivity contribution < 1.29 is 14.6 Å². The van der Waals surface area contributed by atoms with Gasteiger partial charge in [-0.15, -0.1) is 0 Å². The molecule has 0 heterocycles. The van der Waals surface area contributed by atoms with E-state index in [9.17, 15) is 4.79 Å². The van der Waals surface area contributed by atoms with Gasteiger partial charge in [0, 0.05) is 13.7 Å². The van der Waals surface area contributed by atoms with Gasteiger partial charge in [-0.25, -0.2) is 0 Å². The first-order valence-electron chi connectivity index (χ1n) is 4.55. The van der Waals surface area contributed by atoms with E-state index in [1.54, 1.807) is 7.11 Å². The quantitative estimate of drug-likeness (QED) is 0.618. The van der Waals surface area contributed by atoms with Crippen LogP contribution in [0.4, 0.5) is 0 Å². The lowest BCUT2D eigenvalue weighted by atomic mass is 9.90. The summed E-state index contributed by atoms with van der Waals surface area (Å²) in [6, 6.07) is 0. The number of carboxylic acids is 1. The van der Waals surface area contributed by atoms with Crippen molar-refractivity contribution in [1.29, 1.82) is 0 Å². The summed E-state index contributed by atoms with van der Waals surface area (Å²) in [5.41, 5.74) is 5.33. The van der Waals surface area contributed by atoms with Crippen LogP contribution in [0.2, 0.25) is 0 Å². The number of methoxy groups -OCH3 is 1. The highest BCUT2D eigenvalue weighted by Gasteiger charge is 2.23. The SMILES string of the molecule is COCC(C)C(CCCN)C(=O)O. The van der Waals surface area contributed by atoms with Gasteiger partial charge in [0.05, 0.1) is 5.92 Å². The van der Waals surface area contributed by atoms with Crippen molar-refractivity contribution in [3.63, 3.8) is 0 Å². The minimum absolute atomic E-state index is 0.0500. The van der Waals surface area contributed by atoms with Gasteiger partial charge in [-0.2, -0.15) is 0 Å². The lowest BCUT2D eigenvalue weighted by Gasteiger charge is -2.18. The average Bonchev–Trinajstić information content (AvgIpc) is 2.05. The van der Waals surface area contributed by atoms with Gasteiger partial charge in [-0.3, -0.25) is 4.79 Å². The summed E-state index contributed by atoms with van der Waals surface area (Å²) in [5.74, 6) is -1.03. The topological polar surface area (TPSA) is 72.5 Å². The Balaban J connectivity index is 3.99. The molecule has 4 heteroatoms. The molecule has 0 aliphatic carbocycles. The van der Waals surface area contributed by atoms with Crippen LogP contribution in [0.15, 0.2) is 0 Å². The molecule has 0 aliphatic heterocycles. The third kappa shape index (κ3) is 4.85. The molecule has 78 valence electrons. The first-order valence-corrected chi connectivity index (χ1v) is 4.55. The maximum absolute atomic E-state index is 10.8. The van der Waals surface area contributed by atoms with Crippen LogP contribution in [0.3, 0.4) is 0 Å². The van der Waals surface area contributed by atoms with Crippen molar-refractivity contribution in [2.24, 2.45) is 17.6 Å². The number of ether oxygens (including phenoxy) is 1. The van der Waals surface area contributed by atoms with Gasteiger partial charge in [0.25, 0.3) is 0 Å². The van der Waals surface area contributed by atoms with E-state index in [1.807, 2.05) is 6.92 Å². The largest absolute Gasteiger partial charge is 0.481 e. The van der Waals surface area contributed by atoms with Gasteiger partial charge in [0.1, 0.15) is 0 Å². The van der Waals surface area contributed by atoms with Gasteiger partial charge >= 0.3 is 5.97 Å². The van der Waals surface area contributed by atoms with Gasteiger partial charge in [0.15, 0.2) is 0 Å². The van der Waals surface area contributed by atoms with Crippen LogP contribution < -0.4 is 5.73 Å². The Morgan fingerprint density at radius 3 is 2.62 bits per heavy atom. The number of hydrogen-bond acceptors (Lipinski definition) is 3. The fraction of sp³-hybridized carbons (Fsp3) is 0.889. The molecule has 0 saturated heterocycles. The molecule has 0 aliphatic rings. The van der Waals surface area contributed by atoms with Crippen LogP contribution in [0, 0.1) is 11.8 Å². The molecule has 0 saturated carbocycles. The van der Waals surface area contributed by atoms with E-state index in [2.05, 4.69) is 0 Å². The molecule has 0 spiro atoms. The summed E-state index contributed by atoms with van der Waals surface area (Å²) in [7, 11) is 1.58. The maximum atomic E-state index is 10.8. The Kier molecular flexibility index (Phi) is 6.54. The smallest absolute Gasteiger partial charge is 0.306 e. The molecule has 2 unspecified atom stereocenters. The summed E-state index contributed by atoms with van der Waals surface area (Å²) in [6.07, 6.45) is 1.39. The van der Waals surface area contributed by atoms with Crippen LogP contribution in [0.5, 0.6) is 0 Å². The first-order chi connectivity index (χ1) is 6.13. The Labute approximate surface area is 79.1 Å². The second-order valence-corrected chi connectivity index (χ2v) is 3.31. The molecule has 0 radical (unpaired) electrons. The molecule has 2 atom stereocenters. The van der Waals surface area contributed by atoms with Gasteiger partial charge in [-0.1, -0.05) is 6.92 Å². The summed E-state index contributed by atoms with van der Waals surface area (Å²) in [4.78, 5) is 10.8. The minimum Gasteiger partial charge on any atom is -0.481 e. The highest BCUT2D eigenvalue weighted by molar-refractivity contribution is 5.70. The average molecular weight is 189 g/mol. The third-order valence-electron chi connectivity index (χ3n) is 2.15. The Morgan fingerprint density at radius 2 is 2.23 bits per heavy atom. The molecule has 0 aromatic rings. The van der Waals surface area contributed by atoms with Gasteiger partial charge in [-0.05, 0) is 25.3 Å². The number of carbonyl (C=O) groups is 1. The molecule has 13 heavy (non-hydrogen) atoms. The Bertz CT molecular complexity index is 150. The van der Waals surface area contributed by atoms with E-state index in [1.165, 1.54) is 0 Å². The molecular formula is C9H19NO3. The zero-order valence-corrected chi connectivity index (χ0v) is 8.32. The van der Waals surface area contributed by atoms with Crippen molar-refractivity contribution in [1.82, 2.24) is 0 Å². The van der Waals surface area contributed by atoms with E-state index in [4.69, 9.17) is 15.6 Å². The standard InChI is InChI=1S/C9H19NO3/c1-7(6-13-2)8(9(11)12)4-3-5-10/h7-8H,3-6,10H2,1-2H3,(H,11,12). The minimum atomic E-state index is -0.752. The number of aliphatic carboxylic acids is 1. The van der Waals surface area contributed by atoms with Crippen molar-refractivity contribution in [3.05, 3.63) is 0 Å². The number of hydrogen-bond donors (Lipinski definition) is 2. The van der Waals surface area contributed by atoms with E-state index >= 15 is 0 Å². The van der Waals surface area contributed by atoms with E-state index < -0.39 is 5.97 Å². The third-order valence-corrected chi connectivity index (χ3v) is 2.15. The predicted molar refractivity (Wildman–Crippen MR) is 50.5 cm³/mol. The number of rotatable bonds is 7. The fourth-order valence-electron chi connectivity index (χ4n) is 1.37. The predicted octanol–water partition coefficient (Wildman–Crippen LogP) is 0.709. The van der Waals surface area contributed by atoms with Crippen LogP contribution in [-0.2, 0) is 9.53 Å². The second-order valence-electron chi connectivity index (χ2n) is 3.31. The maximum Gasteiger partial charge on any atom is 0.306 e. The molecule has 0 aromatic carbocycles. The molecular weight excluding hydrogens is 170 g/mol. The van der Waals surface area contributed by atoms with Crippen molar-refractivity contribution in [3.8, 4) is 0 Å². The van der Waals surface area contributed by atoms with E-state index in [-0.39, 0.29) is 11.8 Å². The lowest BCUT2D eigenvalue weighted by Crippen LogP contribution is -2.25. The molecule has 0 rings (SSSR count). The second kappa shape index (κ2) is 6.86. The number of carboxylic acid groups (broad SMARTS) is 1. The molecule has 3 N–H and O–H groups in total. The Hall–Kier alpha value is -0.610. The zero-order chi connectivity index (χ0) is 10.3. The Morgan fingerprint density at radius 1 is 1.62 bits per heavy atom. The highest BCUT2D eigenvalue weighted by Crippen LogP contribution is 2.17. The van der Waals surface area contributed by atoms with E-state index in [0.29, 0.717) is 19.6 Å². The van der Waals surface area contributed by atoms with Crippen LogP contribution in [0.25, 0.3) is 0 Å². The normalized spacial score (nSPS) is 15.3. The van der Waals surface area contributed by atoms with Crippen molar-refractivity contribution >= 4 is 5.97 Å². The molecule has 0 fully saturated rings.